The number of amides is 1. The fourth-order valence-electron chi connectivity index (χ4n) is 2.10. The van der Waals surface area contributed by atoms with Gasteiger partial charge in [-0.3, -0.25) is 20.2 Å². The van der Waals surface area contributed by atoms with Gasteiger partial charge >= 0.3 is 0 Å². The quantitative estimate of drug-likeness (QED) is 0.683. The number of nitro benzene ring substituents is 1. The van der Waals surface area contributed by atoms with E-state index in [1.165, 1.54) is 23.5 Å². The van der Waals surface area contributed by atoms with Crippen molar-refractivity contribution < 1.29 is 19.2 Å². The van der Waals surface area contributed by atoms with E-state index in [1.54, 1.807) is 0 Å². The Morgan fingerprint density at radius 1 is 1.30 bits per heavy atom. The molecule has 8 nitrogen and oxygen atoms in total. The molecule has 1 aliphatic heterocycles. The molecule has 9 heteroatoms. The molecule has 23 heavy (non-hydrogen) atoms. The molecule has 1 aromatic carbocycles. The van der Waals surface area contributed by atoms with Gasteiger partial charge in [-0.1, -0.05) is 0 Å². The van der Waals surface area contributed by atoms with Crippen molar-refractivity contribution in [3.8, 4) is 11.5 Å². The maximum atomic E-state index is 12.4. The van der Waals surface area contributed by atoms with E-state index >= 15 is 0 Å². The molecule has 0 spiro atoms. The molecule has 0 radical (unpaired) electrons. The summed E-state index contributed by atoms with van der Waals surface area (Å²) in [5.41, 5.74) is 0.378. The van der Waals surface area contributed by atoms with Crippen LogP contribution < -0.4 is 14.8 Å². The molecule has 0 unspecified atom stereocenters. The van der Waals surface area contributed by atoms with Crippen molar-refractivity contribution in [2.45, 2.75) is 13.8 Å². The lowest BCUT2D eigenvalue weighted by atomic mass is 10.1. The number of carbonyl (C=O) groups is 1. The molecule has 0 aliphatic carbocycles. The molecule has 2 heterocycles. The molecular formula is C14H13N3O5S. The van der Waals surface area contributed by atoms with E-state index in [-0.39, 0.29) is 17.0 Å². The second kappa shape index (κ2) is 5.84. The number of nitrogens with zero attached hydrogens (tertiary/aromatic N) is 2. The summed E-state index contributed by atoms with van der Waals surface area (Å²) in [6.07, 6.45) is 0. The number of ether oxygens (including phenoxy) is 2. The van der Waals surface area contributed by atoms with E-state index < -0.39 is 10.8 Å². The summed E-state index contributed by atoms with van der Waals surface area (Å²) in [5.74, 6) is -0.0265. The monoisotopic (exact) mass is 335 g/mol. The minimum atomic E-state index is -0.620. The molecule has 1 aliphatic rings. The summed E-state index contributed by atoms with van der Waals surface area (Å²) in [4.78, 5) is 28.2. The number of fused-ring (bicyclic) bond motifs is 1. The number of hydrogen-bond donors (Lipinski definition) is 1. The zero-order valence-electron chi connectivity index (χ0n) is 12.4. The van der Waals surface area contributed by atoms with Crippen molar-refractivity contribution in [3.63, 3.8) is 0 Å². The minimum Gasteiger partial charge on any atom is -0.486 e. The van der Waals surface area contributed by atoms with Gasteiger partial charge in [-0.15, -0.1) is 11.3 Å². The summed E-state index contributed by atoms with van der Waals surface area (Å²) >= 11 is 1.31. The van der Waals surface area contributed by atoms with Crippen molar-refractivity contribution in [1.82, 2.24) is 4.98 Å². The van der Waals surface area contributed by atoms with Crippen LogP contribution in [0.5, 0.6) is 11.5 Å². The number of carbonyl (C=O) groups excluding carboxylic acids is 1. The molecule has 0 bridgehead atoms. The van der Waals surface area contributed by atoms with Crippen LogP contribution in [0.4, 0.5) is 10.8 Å². The third-order valence-corrected chi connectivity index (χ3v) is 4.34. The normalized spacial score (nSPS) is 12.8. The molecule has 1 N–H and O–H groups in total. The SMILES string of the molecule is Cc1nc(NC(=O)c2cc3c(cc2[N+](=O)[O-])OCCO3)sc1C. The van der Waals surface area contributed by atoms with Gasteiger partial charge in [0, 0.05) is 10.9 Å². The summed E-state index contributed by atoms with van der Waals surface area (Å²) < 4.78 is 10.7. The van der Waals surface area contributed by atoms with Gasteiger partial charge < -0.3 is 9.47 Å². The molecule has 1 amide bonds. The molecule has 1 aromatic heterocycles. The largest absolute Gasteiger partial charge is 0.486 e. The number of nitrogens with one attached hydrogen (secondary N) is 1. The number of thiazole rings is 1. The van der Waals surface area contributed by atoms with Crippen molar-refractivity contribution in [3.05, 3.63) is 38.4 Å². The lowest BCUT2D eigenvalue weighted by molar-refractivity contribution is -0.385. The van der Waals surface area contributed by atoms with Crippen molar-refractivity contribution in [2.24, 2.45) is 0 Å². The Labute approximate surface area is 135 Å². The average Bonchev–Trinajstić information content (AvgIpc) is 2.83. The Balaban J connectivity index is 1.96. The predicted molar refractivity (Wildman–Crippen MR) is 83.6 cm³/mol. The third kappa shape index (κ3) is 2.95. The third-order valence-electron chi connectivity index (χ3n) is 3.35. The number of nitro groups is 1. The van der Waals surface area contributed by atoms with Crippen LogP contribution >= 0.6 is 11.3 Å². The Morgan fingerprint density at radius 2 is 1.96 bits per heavy atom. The highest BCUT2D eigenvalue weighted by molar-refractivity contribution is 7.15. The van der Waals surface area contributed by atoms with Gasteiger partial charge in [0.15, 0.2) is 16.6 Å². The van der Waals surface area contributed by atoms with Gasteiger partial charge in [-0.2, -0.15) is 0 Å². The first-order valence-corrected chi connectivity index (χ1v) is 7.61. The summed E-state index contributed by atoms with van der Waals surface area (Å²) in [5, 5.41) is 14.2. The fraction of sp³-hybridized carbons (Fsp3) is 0.286. The Bertz CT molecular complexity index is 782. The highest BCUT2D eigenvalue weighted by atomic mass is 32.1. The summed E-state index contributed by atoms with van der Waals surface area (Å²) in [7, 11) is 0. The van der Waals surface area contributed by atoms with Crippen molar-refractivity contribution in [1.29, 1.82) is 0 Å². The maximum Gasteiger partial charge on any atom is 0.286 e. The second-order valence-electron chi connectivity index (χ2n) is 4.88. The molecule has 2 aromatic rings. The first-order valence-electron chi connectivity index (χ1n) is 6.79. The smallest absolute Gasteiger partial charge is 0.286 e. The molecule has 0 saturated heterocycles. The van der Waals surface area contributed by atoms with Crippen LogP contribution in [0.3, 0.4) is 0 Å². The van der Waals surface area contributed by atoms with Crippen molar-refractivity contribution >= 4 is 28.1 Å². The van der Waals surface area contributed by atoms with Crippen LogP contribution in [0.25, 0.3) is 0 Å². The van der Waals surface area contributed by atoms with Gasteiger partial charge in [-0.25, -0.2) is 4.98 Å². The van der Waals surface area contributed by atoms with Gasteiger partial charge in [0.05, 0.1) is 16.7 Å². The number of anilines is 1. The Kier molecular flexibility index (Phi) is 3.87. The Morgan fingerprint density at radius 3 is 2.52 bits per heavy atom. The maximum absolute atomic E-state index is 12.4. The molecule has 0 fully saturated rings. The van der Waals surface area contributed by atoms with Gasteiger partial charge in [0.2, 0.25) is 0 Å². The molecular weight excluding hydrogens is 322 g/mol. The molecule has 3 rings (SSSR count). The minimum absolute atomic E-state index is 0.0928. The van der Waals surface area contributed by atoms with Gasteiger partial charge in [-0.05, 0) is 13.8 Å². The lowest BCUT2D eigenvalue weighted by Crippen LogP contribution is -2.18. The van der Waals surface area contributed by atoms with E-state index in [9.17, 15) is 14.9 Å². The van der Waals surface area contributed by atoms with Crippen LogP contribution in [0.2, 0.25) is 0 Å². The summed E-state index contributed by atoms with van der Waals surface area (Å²) in [6.45, 7) is 4.35. The van der Waals surface area contributed by atoms with Gasteiger partial charge in [0.1, 0.15) is 18.8 Å². The van der Waals surface area contributed by atoms with E-state index in [2.05, 4.69) is 10.3 Å². The zero-order chi connectivity index (χ0) is 16.6. The number of rotatable bonds is 3. The number of aromatic nitrogens is 1. The highest BCUT2D eigenvalue weighted by Gasteiger charge is 2.27. The van der Waals surface area contributed by atoms with Crippen LogP contribution in [-0.2, 0) is 0 Å². The fourth-order valence-corrected chi connectivity index (χ4v) is 2.91. The summed E-state index contributed by atoms with van der Waals surface area (Å²) in [6, 6.07) is 2.54. The lowest BCUT2D eigenvalue weighted by Gasteiger charge is -2.18. The standard InChI is InChI=1S/C14H13N3O5S/c1-7-8(2)23-14(15-7)16-13(18)9-5-11-12(22-4-3-21-11)6-10(9)17(19)20/h5-6H,3-4H2,1-2H3,(H,15,16,18). The predicted octanol–water partition coefficient (Wildman–Crippen LogP) is 2.69. The first-order chi connectivity index (χ1) is 11.0. The van der Waals surface area contributed by atoms with E-state index in [0.29, 0.717) is 24.1 Å². The first kappa shape index (κ1) is 15.2. The van der Waals surface area contributed by atoms with E-state index in [0.717, 1.165) is 10.6 Å². The molecule has 0 atom stereocenters. The average molecular weight is 335 g/mol. The van der Waals surface area contributed by atoms with Gasteiger partial charge in [0.25, 0.3) is 11.6 Å². The second-order valence-corrected chi connectivity index (χ2v) is 6.09. The Hall–Kier alpha value is -2.68. The number of aryl methyl sites for hydroxylation is 2. The zero-order valence-corrected chi connectivity index (χ0v) is 13.2. The van der Waals surface area contributed by atoms with Crippen LogP contribution in [0, 0.1) is 24.0 Å². The highest BCUT2D eigenvalue weighted by Crippen LogP contribution is 2.37. The van der Waals surface area contributed by atoms with Crippen LogP contribution in [-0.4, -0.2) is 29.0 Å². The molecule has 120 valence electrons. The van der Waals surface area contributed by atoms with E-state index in [1.807, 2.05) is 13.8 Å². The van der Waals surface area contributed by atoms with E-state index in [4.69, 9.17) is 9.47 Å². The van der Waals surface area contributed by atoms with Crippen molar-refractivity contribution in [2.75, 3.05) is 18.5 Å². The topological polar surface area (TPSA) is 104 Å². The van der Waals surface area contributed by atoms with Crippen LogP contribution in [0.15, 0.2) is 12.1 Å². The van der Waals surface area contributed by atoms with Crippen LogP contribution in [0.1, 0.15) is 20.9 Å². The number of benzene rings is 1. The molecule has 0 saturated carbocycles. The number of hydrogen-bond acceptors (Lipinski definition) is 7.